The number of carbonyl (C=O) groups excluding carboxylic acids is 2. The molecule has 37 heavy (non-hydrogen) atoms. The van der Waals surface area contributed by atoms with Crippen molar-refractivity contribution in [2.45, 2.75) is 66.2 Å². The third kappa shape index (κ3) is 6.92. The topological polar surface area (TPSA) is 79.3 Å². The number of nitrogens with zero attached hydrogens (tertiary/aromatic N) is 2. The summed E-state index contributed by atoms with van der Waals surface area (Å²) < 4.78 is 11.5. The van der Waals surface area contributed by atoms with Crippen LogP contribution in [0.5, 0.6) is 11.5 Å². The van der Waals surface area contributed by atoms with Crippen molar-refractivity contribution in [2.24, 2.45) is 0 Å². The average molecular weight is 509 g/mol. The van der Waals surface area contributed by atoms with Crippen LogP contribution in [0.4, 0.5) is 0 Å². The number of amides is 1. The lowest BCUT2D eigenvalue weighted by molar-refractivity contribution is -0.140. The minimum Gasteiger partial charge on any atom is -0.507 e. The number of carbonyl (C=O) groups is 2. The van der Waals surface area contributed by atoms with Crippen LogP contribution < -0.4 is 9.47 Å². The maximum absolute atomic E-state index is 13.3. The second-order valence-corrected chi connectivity index (χ2v) is 9.80. The fourth-order valence-corrected chi connectivity index (χ4v) is 4.58. The van der Waals surface area contributed by atoms with E-state index in [1.54, 1.807) is 29.2 Å². The van der Waals surface area contributed by atoms with Gasteiger partial charge in [0.2, 0.25) is 0 Å². The molecule has 2 aromatic rings. The summed E-state index contributed by atoms with van der Waals surface area (Å²) in [6.45, 7) is 15.1. The summed E-state index contributed by atoms with van der Waals surface area (Å²) in [4.78, 5) is 30.4. The standard InChI is InChI=1S/C30H40N2O5/c1-7-31(8-2)18-9-19-32-27(22-10-14-24(15-11-22)36-20(3)4)26(29(34)30(32)35)28(33)23-12-16-25(17-13-23)37-21(5)6/h10-17,20-21,27,33H,7-9,18-19H2,1-6H3/t27-/m1/s1. The highest BCUT2D eigenvalue weighted by molar-refractivity contribution is 6.46. The molecule has 0 radical (unpaired) electrons. The molecule has 200 valence electrons. The van der Waals surface area contributed by atoms with E-state index in [9.17, 15) is 14.7 Å². The molecule has 0 spiro atoms. The van der Waals surface area contributed by atoms with Gasteiger partial charge in [0.25, 0.3) is 11.7 Å². The van der Waals surface area contributed by atoms with Crippen molar-refractivity contribution in [1.82, 2.24) is 9.80 Å². The average Bonchev–Trinajstić information content (AvgIpc) is 3.11. The SMILES string of the molecule is CCN(CC)CCCN1C(=O)C(=O)C(=C(O)c2ccc(OC(C)C)cc2)[C@H]1c1ccc(OC(C)C)cc1. The summed E-state index contributed by atoms with van der Waals surface area (Å²) in [7, 11) is 0. The van der Waals surface area contributed by atoms with Gasteiger partial charge in [0.05, 0.1) is 23.8 Å². The molecule has 1 atom stereocenters. The molecule has 0 saturated carbocycles. The van der Waals surface area contributed by atoms with Gasteiger partial charge in [-0.15, -0.1) is 0 Å². The summed E-state index contributed by atoms with van der Waals surface area (Å²) in [5.74, 6) is -0.0735. The third-order valence-electron chi connectivity index (χ3n) is 6.37. The van der Waals surface area contributed by atoms with Gasteiger partial charge in [-0.05, 0) is 95.7 Å². The molecule has 3 rings (SSSR count). The molecule has 1 heterocycles. The molecular weight excluding hydrogens is 468 g/mol. The number of hydrogen-bond acceptors (Lipinski definition) is 6. The summed E-state index contributed by atoms with van der Waals surface area (Å²) in [5.41, 5.74) is 1.31. The quantitative estimate of drug-likeness (QED) is 0.234. The van der Waals surface area contributed by atoms with Crippen molar-refractivity contribution in [3.63, 3.8) is 0 Å². The van der Waals surface area contributed by atoms with E-state index in [2.05, 4.69) is 18.7 Å². The van der Waals surface area contributed by atoms with Crippen LogP contribution in [-0.4, -0.2) is 65.0 Å². The molecule has 0 unspecified atom stereocenters. The lowest BCUT2D eigenvalue weighted by Gasteiger charge is -2.27. The van der Waals surface area contributed by atoms with Crippen LogP contribution in [0.3, 0.4) is 0 Å². The van der Waals surface area contributed by atoms with Crippen LogP contribution in [-0.2, 0) is 9.59 Å². The van der Waals surface area contributed by atoms with Crippen molar-refractivity contribution in [3.05, 3.63) is 65.2 Å². The molecule has 0 aromatic heterocycles. The first kappa shape index (κ1) is 28.3. The minimum atomic E-state index is -0.684. The second kappa shape index (κ2) is 12.8. The first-order valence-corrected chi connectivity index (χ1v) is 13.2. The van der Waals surface area contributed by atoms with Crippen LogP contribution in [0, 0.1) is 0 Å². The highest BCUT2D eigenvalue weighted by Gasteiger charge is 2.45. The van der Waals surface area contributed by atoms with Gasteiger partial charge in [0.1, 0.15) is 17.3 Å². The molecule has 1 aliphatic rings. The Morgan fingerprint density at radius 3 is 1.89 bits per heavy atom. The maximum Gasteiger partial charge on any atom is 0.295 e. The van der Waals surface area contributed by atoms with Crippen LogP contribution in [0.2, 0.25) is 0 Å². The number of hydrogen-bond donors (Lipinski definition) is 1. The summed E-state index contributed by atoms with van der Waals surface area (Å²) in [6.07, 6.45) is 0.768. The Bertz CT molecular complexity index is 1090. The zero-order valence-corrected chi connectivity index (χ0v) is 22.9. The van der Waals surface area contributed by atoms with Crippen molar-refractivity contribution in [2.75, 3.05) is 26.2 Å². The van der Waals surface area contributed by atoms with Gasteiger partial charge in [-0.1, -0.05) is 26.0 Å². The van der Waals surface area contributed by atoms with Crippen LogP contribution in [0.25, 0.3) is 5.76 Å². The summed E-state index contributed by atoms with van der Waals surface area (Å²) in [6, 6.07) is 13.6. The zero-order valence-electron chi connectivity index (χ0n) is 22.9. The first-order valence-electron chi connectivity index (χ1n) is 13.2. The molecule has 0 bridgehead atoms. The van der Waals surface area contributed by atoms with Gasteiger partial charge >= 0.3 is 0 Å². The molecule has 7 heteroatoms. The van der Waals surface area contributed by atoms with Crippen molar-refractivity contribution in [1.29, 1.82) is 0 Å². The smallest absolute Gasteiger partial charge is 0.295 e. The minimum absolute atomic E-state index is 0.0174. The molecule has 2 aromatic carbocycles. The third-order valence-corrected chi connectivity index (χ3v) is 6.37. The highest BCUT2D eigenvalue weighted by Crippen LogP contribution is 2.40. The normalized spacial score (nSPS) is 17.3. The predicted molar refractivity (Wildman–Crippen MR) is 146 cm³/mol. The number of likely N-dealkylation sites (tertiary alicyclic amines) is 1. The van der Waals surface area contributed by atoms with Gasteiger partial charge in [0.15, 0.2) is 0 Å². The van der Waals surface area contributed by atoms with E-state index in [0.717, 1.165) is 31.6 Å². The zero-order chi connectivity index (χ0) is 27.1. The Balaban J connectivity index is 2.00. The molecule has 1 N–H and O–H groups in total. The highest BCUT2D eigenvalue weighted by atomic mass is 16.5. The predicted octanol–water partition coefficient (Wildman–Crippen LogP) is 5.41. The van der Waals surface area contributed by atoms with Crippen LogP contribution in [0.1, 0.15) is 65.1 Å². The number of aliphatic hydroxyl groups is 1. The maximum atomic E-state index is 13.3. The van der Waals surface area contributed by atoms with Crippen molar-refractivity contribution < 1.29 is 24.2 Å². The Labute approximate surface area is 220 Å². The van der Waals surface area contributed by atoms with Crippen molar-refractivity contribution >= 4 is 17.4 Å². The fraction of sp³-hybridized carbons (Fsp3) is 0.467. The van der Waals surface area contributed by atoms with E-state index in [1.807, 2.05) is 52.0 Å². The van der Waals surface area contributed by atoms with Gasteiger partial charge in [-0.2, -0.15) is 0 Å². The molecular formula is C30H40N2O5. The molecule has 1 fully saturated rings. The second-order valence-electron chi connectivity index (χ2n) is 9.80. The Hall–Kier alpha value is -3.32. The molecule has 0 aliphatic carbocycles. The van der Waals surface area contributed by atoms with E-state index in [-0.39, 0.29) is 23.5 Å². The van der Waals surface area contributed by atoms with E-state index in [1.165, 1.54) is 0 Å². The molecule has 1 aliphatic heterocycles. The van der Waals surface area contributed by atoms with E-state index < -0.39 is 17.7 Å². The number of rotatable bonds is 12. The van der Waals surface area contributed by atoms with Crippen LogP contribution in [0.15, 0.2) is 54.1 Å². The number of benzene rings is 2. The van der Waals surface area contributed by atoms with Gasteiger partial charge < -0.3 is 24.4 Å². The lowest BCUT2D eigenvalue weighted by Crippen LogP contribution is -2.33. The molecule has 1 amide bonds. The van der Waals surface area contributed by atoms with E-state index >= 15 is 0 Å². The summed E-state index contributed by atoms with van der Waals surface area (Å²) >= 11 is 0. The van der Waals surface area contributed by atoms with Gasteiger partial charge in [0, 0.05) is 12.1 Å². The molecule has 1 saturated heterocycles. The van der Waals surface area contributed by atoms with E-state index in [0.29, 0.717) is 23.6 Å². The number of ether oxygens (including phenoxy) is 2. The van der Waals surface area contributed by atoms with E-state index in [4.69, 9.17) is 9.47 Å². The Kier molecular flexibility index (Phi) is 9.75. The number of ketones is 1. The Morgan fingerprint density at radius 2 is 1.41 bits per heavy atom. The van der Waals surface area contributed by atoms with Gasteiger partial charge in [-0.3, -0.25) is 9.59 Å². The van der Waals surface area contributed by atoms with Crippen LogP contribution >= 0.6 is 0 Å². The number of Topliss-reactive ketones (excluding diaryl/α,β-unsaturated/α-hetero) is 1. The fourth-order valence-electron chi connectivity index (χ4n) is 4.58. The Morgan fingerprint density at radius 1 is 0.892 bits per heavy atom. The van der Waals surface area contributed by atoms with Gasteiger partial charge in [-0.25, -0.2) is 0 Å². The lowest BCUT2D eigenvalue weighted by atomic mass is 9.95. The van der Waals surface area contributed by atoms with Crippen molar-refractivity contribution in [3.8, 4) is 11.5 Å². The summed E-state index contributed by atoms with van der Waals surface area (Å²) in [5, 5.41) is 11.3. The monoisotopic (exact) mass is 508 g/mol. The molecule has 7 nitrogen and oxygen atoms in total. The number of aliphatic hydroxyl groups excluding tert-OH is 1. The first-order chi connectivity index (χ1) is 17.7. The largest absolute Gasteiger partial charge is 0.507 e.